The Balaban J connectivity index is 1.73. The molecule has 2 heterocycles. The largest absolute Gasteiger partial charge is 0.507 e. The monoisotopic (exact) mass is 512 g/mol. The van der Waals surface area contributed by atoms with Gasteiger partial charge in [-0.05, 0) is 29.2 Å². The first-order chi connectivity index (χ1) is 15.9. The van der Waals surface area contributed by atoms with Crippen LogP contribution in [0.15, 0.2) is 58.6 Å². The van der Waals surface area contributed by atoms with Gasteiger partial charge in [-0.2, -0.15) is 0 Å². The smallest absolute Gasteiger partial charge is 0.295 e. The van der Waals surface area contributed by atoms with Crippen molar-refractivity contribution in [1.29, 1.82) is 0 Å². The summed E-state index contributed by atoms with van der Waals surface area (Å²) in [4.78, 5) is 30.1. The lowest BCUT2D eigenvalue weighted by Gasteiger charge is -2.31. The molecule has 1 N–H and O–H groups in total. The normalized spacial score (nSPS) is 21.2. The molecular weight excluding hydrogens is 484 g/mol. The lowest BCUT2D eigenvalue weighted by molar-refractivity contribution is -0.140. The van der Waals surface area contributed by atoms with E-state index < -0.39 is 17.7 Å². The minimum Gasteiger partial charge on any atom is -0.507 e. The molecule has 0 aromatic heterocycles. The summed E-state index contributed by atoms with van der Waals surface area (Å²) in [6.45, 7) is 8.24. The van der Waals surface area contributed by atoms with Crippen molar-refractivity contribution in [3.63, 3.8) is 0 Å². The first-order valence-electron chi connectivity index (χ1n) is 11.3. The van der Waals surface area contributed by atoms with Gasteiger partial charge in [0.2, 0.25) is 0 Å². The van der Waals surface area contributed by atoms with Crippen molar-refractivity contribution in [2.75, 3.05) is 39.4 Å². The SMILES string of the molecule is CC(C)c1ccc([C@H]2/C(=C(\O)c3ccc(Br)cc3)C(=O)C(=O)N2CCN2CCOCC2)cc1. The molecule has 0 unspecified atom stereocenters. The molecule has 7 heteroatoms. The highest BCUT2D eigenvalue weighted by Crippen LogP contribution is 2.39. The van der Waals surface area contributed by atoms with E-state index in [1.807, 2.05) is 24.3 Å². The molecular formula is C26H29BrN2O4. The lowest BCUT2D eigenvalue weighted by Crippen LogP contribution is -2.42. The van der Waals surface area contributed by atoms with Crippen LogP contribution in [0.3, 0.4) is 0 Å². The molecule has 0 saturated carbocycles. The molecule has 174 valence electrons. The molecule has 0 radical (unpaired) electrons. The molecule has 2 aromatic carbocycles. The topological polar surface area (TPSA) is 70.1 Å². The van der Waals surface area contributed by atoms with Gasteiger partial charge in [-0.25, -0.2) is 0 Å². The number of hydrogen-bond acceptors (Lipinski definition) is 5. The zero-order valence-corrected chi connectivity index (χ0v) is 20.5. The number of hydrogen-bond donors (Lipinski definition) is 1. The van der Waals surface area contributed by atoms with Gasteiger partial charge >= 0.3 is 0 Å². The maximum absolute atomic E-state index is 13.2. The van der Waals surface area contributed by atoms with Gasteiger partial charge in [0, 0.05) is 36.2 Å². The van der Waals surface area contributed by atoms with Crippen molar-refractivity contribution in [1.82, 2.24) is 9.80 Å². The molecule has 2 aromatic rings. The number of aliphatic hydroxyl groups excluding tert-OH is 1. The van der Waals surface area contributed by atoms with Gasteiger partial charge in [0.1, 0.15) is 5.76 Å². The second-order valence-corrected chi connectivity index (χ2v) is 9.69. The fourth-order valence-corrected chi connectivity index (χ4v) is 4.62. The third-order valence-electron chi connectivity index (χ3n) is 6.34. The van der Waals surface area contributed by atoms with Crippen LogP contribution in [0.4, 0.5) is 0 Å². The first-order valence-corrected chi connectivity index (χ1v) is 12.1. The number of morpholine rings is 1. The summed E-state index contributed by atoms with van der Waals surface area (Å²) in [5, 5.41) is 11.1. The zero-order chi connectivity index (χ0) is 23.5. The second-order valence-electron chi connectivity index (χ2n) is 8.77. The number of aliphatic hydroxyl groups is 1. The Kier molecular flexibility index (Phi) is 7.32. The number of nitrogens with zero attached hydrogens (tertiary/aromatic N) is 2. The van der Waals surface area contributed by atoms with Crippen LogP contribution >= 0.6 is 15.9 Å². The van der Waals surface area contributed by atoms with Crippen molar-refractivity contribution in [2.24, 2.45) is 0 Å². The summed E-state index contributed by atoms with van der Waals surface area (Å²) in [6, 6.07) is 14.4. The molecule has 1 atom stereocenters. The van der Waals surface area contributed by atoms with E-state index >= 15 is 0 Å². The van der Waals surface area contributed by atoms with Crippen LogP contribution in [-0.2, 0) is 14.3 Å². The quantitative estimate of drug-likeness (QED) is 0.354. The molecule has 2 saturated heterocycles. The fraction of sp³-hybridized carbons (Fsp3) is 0.385. The van der Waals surface area contributed by atoms with Crippen LogP contribution in [0.5, 0.6) is 0 Å². The third kappa shape index (κ3) is 5.05. The number of carbonyl (C=O) groups is 2. The minimum atomic E-state index is -0.643. The van der Waals surface area contributed by atoms with Crippen LogP contribution in [0.25, 0.3) is 5.76 Å². The Morgan fingerprint density at radius 2 is 1.67 bits per heavy atom. The Hall–Kier alpha value is -2.48. The van der Waals surface area contributed by atoms with E-state index in [4.69, 9.17) is 4.74 Å². The van der Waals surface area contributed by atoms with E-state index in [-0.39, 0.29) is 11.3 Å². The molecule has 2 fully saturated rings. The fourth-order valence-electron chi connectivity index (χ4n) is 4.36. The molecule has 0 spiro atoms. The summed E-state index contributed by atoms with van der Waals surface area (Å²) in [6.07, 6.45) is 0. The van der Waals surface area contributed by atoms with Crippen LogP contribution in [0.1, 0.15) is 42.5 Å². The molecule has 6 nitrogen and oxygen atoms in total. The predicted molar refractivity (Wildman–Crippen MR) is 131 cm³/mol. The number of rotatable bonds is 6. The number of likely N-dealkylation sites (tertiary alicyclic amines) is 1. The molecule has 33 heavy (non-hydrogen) atoms. The van der Waals surface area contributed by atoms with Crippen molar-refractivity contribution < 1.29 is 19.4 Å². The van der Waals surface area contributed by atoms with Crippen LogP contribution in [-0.4, -0.2) is 66.0 Å². The molecule has 2 aliphatic rings. The molecule has 0 aliphatic carbocycles. The highest BCUT2D eigenvalue weighted by Gasteiger charge is 2.46. The highest BCUT2D eigenvalue weighted by atomic mass is 79.9. The summed E-state index contributed by atoms with van der Waals surface area (Å²) in [7, 11) is 0. The van der Waals surface area contributed by atoms with E-state index in [0.717, 1.165) is 23.1 Å². The van der Waals surface area contributed by atoms with Crippen molar-refractivity contribution in [3.05, 3.63) is 75.3 Å². The zero-order valence-electron chi connectivity index (χ0n) is 19.0. The van der Waals surface area contributed by atoms with E-state index in [9.17, 15) is 14.7 Å². The minimum absolute atomic E-state index is 0.140. The number of ether oxygens (including phenoxy) is 1. The Bertz CT molecular complexity index is 1040. The van der Waals surface area contributed by atoms with Gasteiger partial charge < -0.3 is 14.7 Å². The summed E-state index contributed by atoms with van der Waals surface area (Å²) < 4.78 is 6.28. The number of benzene rings is 2. The number of Topliss-reactive ketones (excluding diaryl/α,β-unsaturated/α-hetero) is 1. The van der Waals surface area contributed by atoms with Gasteiger partial charge in [-0.15, -0.1) is 0 Å². The standard InChI is InChI=1S/C26H29BrN2O4/c1-17(2)18-3-5-19(6-4-18)23-22(24(30)20-7-9-21(27)10-8-20)25(31)26(32)29(23)12-11-28-13-15-33-16-14-28/h3-10,17,23,30H,11-16H2,1-2H3/b24-22+/t23-/m0/s1. The van der Waals surface area contributed by atoms with Crippen molar-refractivity contribution in [3.8, 4) is 0 Å². The molecule has 1 amide bonds. The summed E-state index contributed by atoms with van der Waals surface area (Å²) in [5.41, 5.74) is 2.64. The second kappa shape index (κ2) is 10.2. The molecule has 0 bridgehead atoms. The summed E-state index contributed by atoms with van der Waals surface area (Å²) >= 11 is 3.39. The number of halogens is 1. The molecule has 2 aliphatic heterocycles. The van der Waals surface area contributed by atoms with Gasteiger partial charge in [0.25, 0.3) is 11.7 Å². The summed E-state index contributed by atoms with van der Waals surface area (Å²) in [5.74, 6) is -0.989. The van der Waals surface area contributed by atoms with Crippen molar-refractivity contribution in [2.45, 2.75) is 25.8 Å². The Morgan fingerprint density at radius 1 is 1.03 bits per heavy atom. The number of amides is 1. The number of ketones is 1. The van der Waals surface area contributed by atoms with E-state index in [0.29, 0.717) is 37.8 Å². The van der Waals surface area contributed by atoms with E-state index in [1.54, 1.807) is 29.2 Å². The van der Waals surface area contributed by atoms with Gasteiger partial charge in [-0.1, -0.05) is 66.2 Å². The third-order valence-corrected chi connectivity index (χ3v) is 6.87. The Morgan fingerprint density at radius 3 is 2.27 bits per heavy atom. The van der Waals surface area contributed by atoms with Crippen LogP contribution < -0.4 is 0 Å². The predicted octanol–water partition coefficient (Wildman–Crippen LogP) is 4.33. The van der Waals surface area contributed by atoms with Crippen molar-refractivity contribution >= 4 is 33.4 Å². The van der Waals surface area contributed by atoms with Gasteiger partial charge in [0.05, 0.1) is 24.8 Å². The maximum Gasteiger partial charge on any atom is 0.295 e. The average molecular weight is 513 g/mol. The maximum atomic E-state index is 13.2. The first kappa shape index (κ1) is 23.7. The lowest BCUT2D eigenvalue weighted by atomic mass is 9.93. The average Bonchev–Trinajstić information content (AvgIpc) is 3.08. The van der Waals surface area contributed by atoms with Gasteiger partial charge in [-0.3, -0.25) is 14.5 Å². The van der Waals surface area contributed by atoms with Crippen LogP contribution in [0.2, 0.25) is 0 Å². The van der Waals surface area contributed by atoms with E-state index in [1.165, 1.54) is 5.56 Å². The highest BCUT2D eigenvalue weighted by molar-refractivity contribution is 9.10. The molecule has 4 rings (SSSR count). The van der Waals surface area contributed by atoms with Crippen LogP contribution in [0, 0.1) is 0 Å². The van der Waals surface area contributed by atoms with Gasteiger partial charge in [0.15, 0.2) is 0 Å². The van der Waals surface area contributed by atoms with E-state index in [2.05, 4.69) is 34.7 Å². The number of carbonyl (C=O) groups excluding carboxylic acids is 2. The Labute approximate surface area is 203 Å².